The second-order valence-corrected chi connectivity index (χ2v) is 4.23. The molecule has 1 aromatic heterocycles. The number of carbonyl (C=O) groups excluding carboxylic acids is 1. The van der Waals surface area contributed by atoms with Crippen molar-refractivity contribution >= 4 is 24.0 Å². The van der Waals surface area contributed by atoms with Gasteiger partial charge < -0.3 is 15.5 Å². The third kappa shape index (κ3) is 3.11. The molecule has 1 fully saturated rings. The van der Waals surface area contributed by atoms with E-state index in [9.17, 15) is 4.79 Å². The number of carbonyl (C=O) groups is 1. The molecule has 1 aromatic rings. The molecule has 1 atom stereocenters. The van der Waals surface area contributed by atoms with Gasteiger partial charge in [-0.15, -0.1) is 12.4 Å². The first-order valence-corrected chi connectivity index (χ1v) is 5.88. The number of pyridine rings is 1. The number of rotatable bonds is 2. The maximum Gasteiger partial charge on any atom is 0.269 e. The van der Waals surface area contributed by atoms with Gasteiger partial charge in [-0.2, -0.15) is 0 Å². The predicted molar refractivity (Wildman–Crippen MR) is 74.6 cm³/mol. The van der Waals surface area contributed by atoms with Gasteiger partial charge in [-0.3, -0.25) is 4.79 Å². The highest BCUT2D eigenvalue weighted by atomic mass is 35.5. The number of amides is 1. The van der Waals surface area contributed by atoms with E-state index >= 15 is 0 Å². The van der Waals surface area contributed by atoms with Crippen LogP contribution in [0.25, 0.3) is 0 Å². The Hall–Kier alpha value is -1.33. The van der Waals surface area contributed by atoms with Crippen LogP contribution in [0, 0.1) is 0 Å². The highest BCUT2D eigenvalue weighted by Gasteiger charge is 2.18. The van der Waals surface area contributed by atoms with Gasteiger partial charge in [-0.05, 0) is 19.1 Å². The van der Waals surface area contributed by atoms with Crippen molar-refractivity contribution in [1.29, 1.82) is 0 Å². The van der Waals surface area contributed by atoms with E-state index in [0.29, 0.717) is 11.7 Å². The summed E-state index contributed by atoms with van der Waals surface area (Å²) in [7, 11) is 1.61. The molecule has 2 rings (SSSR count). The average Bonchev–Trinajstić information content (AvgIpc) is 2.39. The van der Waals surface area contributed by atoms with Gasteiger partial charge in [0.15, 0.2) is 0 Å². The van der Waals surface area contributed by atoms with Gasteiger partial charge in [0.2, 0.25) is 0 Å². The summed E-state index contributed by atoms with van der Waals surface area (Å²) in [4.78, 5) is 17.9. The molecule has 1 amide bonds. The van der Waals surface area contributed by atoms with Crippen LogP contribution in [-0.4, -0.2) is 43.6 Å². The fraction of sp³-hybridized carbons (Fsp3) is 0.500. The van der Waals surface area contributed by atoms with Crippen molar-refractivity contribution in [3.8, 4) is 0 Å². The summed E-state index contributed by atoms with van der Waals surface area (Å²) in [5.41, 5.74) is 1.53. The zero-order chi connectivity index (χ0) is 12.3. The summed E-state index contributed by atoms with van der Waals surface area (Å²) in [5.74, 6) is -0.148. The Kier molecular flexibility index (Phi) is 5.37. The number of nitrogens with one attached hydrogen (secondary N) is 2. The Labute approximate surface area is 113 Å². The van der Waals surface area contributed by atoms with Crippen molar-refractivity contribution in [2.24, 2.45) is 0 Å². The molecule has 2 heterocycles. The third-order valence-corrected chi connectivity index (χ3v) is 3.04. The molecular weight excluding hydrogens is 252 g/mol. The van der Waals surface area contributed by atoms with Crippen molar-refractivity contribution in [1.82, 2.24) is 15.6 Å². The number of piperazine rings is 1. The normalized spacial score (nSPS) is 19.0. The molecule has 2 N–H and O–H groups in total. The van der Waals surface area contributed by atoms with Crippen molar-refractivity contribution < 1.29 is 4.79 Å². The van der Waals surface area contributed by atoms with E-state index in [2.05, 4.69) is 27.4 Å². The monoisotopic (exact) mass is 270 g/mol. The first-order valence-electron chi connectivity index (χ1n) is 5.88. The van der Waals surface area contributed by atoms with Crippen LogP contribution in [0.15, 0.2) is 18.3 Å². The summed E-state index contributed by atoms with van der Waals surface area (Å²) < 4.78 is 0. The van der Waals surface area contributed by atoms with Gasteiger partial charge in [0.25, 0.3) is 5.91 Å². The van der Waals surface area contributed by atoms with Crippen LogP contribution in [0.4, 0.5) is 5.69 Å². The quantitative estimate of drug-likeness (QED) is 0.829. The van der Waals surface area contributed by atoms with Gasteiger partial charge in [-0.1, -0.05) is 0 Å². The molecule has 0 saturated carbocycles. The van der Waals surface area contributed by atoms with E-state index in [1.807, 2.05) is 6.07 Å². The maximum absolute atomic E-state index is 11.4. The van der Waals surface area contributed by atoms with Gasteiger partial charge in [-0.25, -0.2) is 4.98 Å². The number of hydrogen-bond donors (Lipinski definition) is 2. The highest BCUT2D eigenvalue weighted by Crippen LogP contribution is 2.17. The van der Waals surface area contributed by atoms with Gasteiger partial charge >= 0.3 is 0 Å². The third-order valence-electron chi connectivity index (χ3n) is 3.04. The number of nitrogens with zero attached hydrogens (tertiary/aromatic N) is 2. The Morgan fingerprint density at radius 1 is 1.56 bits per heavy atom. The second kappa shape index (κ2) is 6.56. The van der Waals surface area contributed by atoms with Gasteiger partial charge in [0, 0.05) is 32.7 Å². The lowest BCUT2D eigenvalue weighted by atomic mass is 10.2. The molecule has 0 unspecified atom stereocenters. The smallest absolute Gasteiger partial charge is 0.269 e. The van der Waals surface area contributed by atoms with Crippen LogP contribution in [0.5, 0.6) is 0 Å². The highest BCUT2D eigenvalue weighted by molar-refractivity contribution is 5.92. The first kappa shape index (κ1) is 14.7. The largest absolute Gasteiger partial charge is 0.365 e. The van der Waals surface area contributed by atoms with Crippen LogP contribution in [0.3, 0.4) is 0 Å². The van der Waals surface area contributed by atoms with Crippen molar-refractivity contribution in [2.75, 3.05) is 31.6 Å². The van der Waals surface area contributed by atoms with Gasteiger partial charge in [0.05, 0.1) is 11.9 Å². The molecule has 0 aliphatic carbocycles. The minimum Gasteiger partial charge on any atom is -0.365 e. The lowest BCUT2D eigenvalue weighted by Crippen LogP contribution is -2.50. The molecule has 1 aliphatic rings. The molecule has 0 radical (unpaired) electrons. The van der Waals surface area contributed by atoms with Crippen LogP contribution < -0.4 is 15.5 Å². The fourth-order valence-electron chi connectivity index (χ4n) is 2.04. The topological polar surface area (TPSA) is 57.3 Å². The summed E-state index contributed by atoms with van der Waals surface area (Å²) in [6.45, 7) is 5.12. The van der Waals surface area contributed by atoms with E-state index < -0.39 is 0 Å². The number of hydrogen-bond acceptors (Lipinski definition) is 4. The molecule has 0 spiro atoms. The van der Waals surface area contributed by atoms with Crippen molar-refractivity contribution in [3.05, 3.63) is 24.0 Å². The molecule has 100 valence electrons. The molecule has 18 heavy (non-hydrogen) atoms. The van der Waals surface area contributed by atoms with E-state index in [-0.39, 0.29) is 18.3 Å². The van der Waals surface area contributed by atoms with Crippen LogP contribution >= 0.6 is 12.4 Å². The summed E-state index contributed by atoms with van der Waals surface area (Å²) >= 11 is 0. The summed E-state index contributed by atoms with van der Waals surface area (Å²) in [5, 5.41) is 5.91. The SMILES string of the molecule is CNC(=O)c1ccc(N2CCNC[C@@H]2C)cn1.Cl. The molecule has 0 bridgehead atoms. The molecule has 6 heteroatoms. The molecule has 5 nitrogen and oxygen atoms in total. The minimum absolute atomic E-state index is 0. The zero-order valence-electron chi connectivity index (χ0n) is 10.6. The van der Waals surface area contributed by atoms with E-state index in [1.54, 1.807) is 19.3 Å². The number of anilines is 1. The zero-order valence-corrected chi connectivity index (χ0v) is 11.5. The Morgan fingerprint density at radius 3 is 2.89 bits per heavy atom. The standard InChI is InChI=1S/C12H18N4O.ClH/c1-9-7-14-5-6-16(9)10-3-4-11(15-8-10)12(17)13-2;/h3-4,8-9,14H,5-7H2,1-2H3,(H,13,17);1H/t9-;/m0./s1. The molecular formula is C12H19ClN4O. The lowest BCUT2D eigenvalue weighted by Gasteiger charge is -2.35. The Bertz CT molecular complexity index is 396. The van der Waals surface area contributed by atoms with Crippen LogP contribution in [0.1, 0.15) is 17.4 Å². The molecule has 1 aliphatic heterocycles. The van der Waals surface area contributed by atoms with E-state index in [4.69, 9.17) is 0 Å². The van der Waals surface area contributed by atoms with Crippen molar-refractivity contribution in [2.45, 2.75) is 13.0 Å². The number of halogens is 1. The van der Waals surface area contributed by atoms with E-state index in [1.165, 1.54) is 0 Å². The molecule has 0 aromatic carbocycles. The van der Waals surface area contributed by atoms with Gasteiger partial charge in [0.1, 0.15) is 5.69 Å². The Balaban J connectivity index is 0.00000162. The summed E-state index contributed by atoms with van der Waals surface area (Å²) in [6, 6.07) is 4.18. The average molecular weight is 271 g/mol. The van der Waals surface area contributed by atoms with Crippen LogP contribution in [-0.2, 0) is 0 Å². The minimum atomic E-state index is -0.148. The van der Waals surface area contributed by atoms with Crippen LogP contribution in [0.2, 0.25) is 0 Å². The number of aromatic nitrogens is 1. The molecule has 1 saturated heterocycles. The lowest BCUT2D eigenvalue weighted by molar-refractivity contribution is 0.0958. The van der Waals surface area contributed by atoms with Crippen molar-refractivity contribution in [3.63, 3.8) is 0 Å². The fourth-order valence-corrected chi connectivity index (χ4v) is 2.04. The van der Waals surface area contributed by atoms with E-state index in [0.717, 1.165) is 25.3 Å². The Morgan fingerprint density at radius 2 is 2.33 bits per heavy atom. The second-order valence-electron chi connectivity index (χ2n) is 4.23. The first-order chi connectivity index (χ1) is 8.22. The maximum atomic E-state index is 11.4. The summed E-state index contributed by atoms with van der Waals surface area (Å²) in [6.07, 6.45) is 1.77. The predicted octanol–water partition coefficient (Wildman–Crippen LogP) is 0.661.